The Kier molecular flexibility index (Phi) is 3.81. The van der Waals surface area contributed by atoms with E-state index in [0.717, 1.165) is 25.5 Å². The van der Waals surface area contributed by atoms with Crippen molar-refractivity contribution in [2.24, 2.45) is 0 Å². The molecule has 3 rings (SSSR count). The summed E-state index contributed by atoms with van der Waals surface area (Å²) in [6.45, 7) is 3.88. The molecule has 0 bridgehead atoms. The van der Waals surface area contributed by atoms with Gasteiger partial charge >= 0.3 is 0 Å². The lowest BCUT2D eigenvalue weighted by atomic mass is 10.2. The van der Waals surface area contributed by atoms with Crippen molar-refractivity contribution < 1.29 is 4.52 Å². The minimum atomic E-state index is 0.242. The Balaban J connectivity index is 1.65. The van der Waals surface area contributed by atoms with E-state index >= 15 is 0 Å². The van der Waals surface area contributed by atoms with Gasteiger partial charge in [0, 0.05) is 12.6 Å². The molecule has 1 unspecified atom stereocenters. The molecule has 1 aromatic heterocycles. The van der Waals surface area contributed by atoms with Gasteiger partial charge in [0.1, 0.15) is 0 Å². The van der Waals surface area contributed by atoms with Gasteiger partial charge in [-0.25, -0.2) is 0 Å². The summed E-state index contributed by atoms with van der Waals surface area (Å²) in [4.78, 5) is 9.22. The van der Waals surface area contributed by atoms with Gasteiger partial charge < -0.3 is 14.7 Å². The summed E-state index contributed by atoms with van der Waals surface area (Å²) < 4.78 is 5.35. The highest BCUT2D eigenvalue weighted by Crippen LogP contribution is 2.22. The van der Waals surface area contributed by atoms with E-state index in [2.05, 4.69) is 39.4 Å². The molecule has 1 saturated carbocycles. The average Bonchev–Trinajstić information content (AvgIpc) is 3.13. The summed E-state index contributed by atoms with van der Waals surface area (Å²) in [5.74, 6) is 1.53. The molecule has 1 aliphatic carbocycles. The van der Waals surface area contributed by atoms with Crippen LogP contribution in [-0.2, 0) is 6.54 Å². The number of nitrogens with zero attached hydrogens (tertiary/aromatic N) is 4. The highest BCUT2D eigenvalue weighted by molar-refractivity contribution is 4.97. The number of hydrogen-bond donors (Lipinski definition) is 1. The summed E-state index contributed by atoms with van der Waals surface area (Å²) in [5, 5.41) is 7.57. The van der Waals surface area contributed by atoms with E-state index in [4.69, 9.17) is 4.52 Å². The fourth-order valence-electron chi connectivity index (χ4n) is 2.54. The monoisotopic (exact) mass is 265 g/mol. The molecule has 2 fully saturated rings. The molecule has 0 amide bonds. The smallest absolute Gasteiger partial charge is 0.240 e. The molecule has 0 spiro atoms. The van der Waals surface area contributed by atoms with Crippen LogP contribution < -0.4 is 5.32 Å². The first kappa shape index (κ1) is 13.0. The fourth-order valence-corrected chi connectivity index (χ4v) is 2.54. The van der Waals surface area contributed by atoms with Crippen molar-refractivity contribution in [2.45, 2.75) is 37.9 Å². The Morgan fingerprint density at radius 1 is 1.32 bits per heavy atom. The Labute approximate surface area is 114 Å². The molecule has 0 radical (unpaired) electrons. The third-order valence-electron chi connectivity index (χ3n) is 3.97. The number of nitrogens with one attached hydrogen (secondary N) is 1. The van der Waals surface area contributed by atoms with Crippen LogP contribution in [0.2, 0.25) is 0 Å². The van der Waals surface area contributed by atoms with Crippen LogP contribution in [0.4, 0.5) is 0 Å². The fraction of sp³-hybridized carbons (Fsp3) is 0.846. The second-order valence-electron chi connectivity index (χ2n) is 5.81. The van der Waals surface area contributed by atoms with E-state index in [1.54, 1.807) is 0 Å². The summed E-state index contributed by atoms with van der Waals surface area (Å²) in [6.07, 6.45) is 3.74. The van der Waals surface area contributed by atoms with Gasteiger partial charge in [0.15, 0.2) is 5.82 Å². The molecule has 106 valence electrons. The topological polar surface area (TPSA) is 57.4 Å². The van der Waals surface area contributed by atoms with Gasteiger partial charge in [-0.15, -0.1) is 0 Å². The first-order chi connectivity index (χ1) is 9.22. The third-order valence-corrected chi connectivity index (χ3v) is 3.97. The summed E-state index contributed by atoms with van der Waals surface area (Å²) in [7, 11) is 4.30. The molecule has 2 aliphatic rings. The van der Waals surface area contributed by atoms with Gasteiger partial charge in [-0.2, -0.15) is 4.98 Å². The zero-order valence-corrected chi connectivity index (χ0v) is 11.8. The third kappa shape index (κ3) is 3.32. The van der Waals surface area contributed by atoms with Crippen molar-refractivity contribution in [1.29, 1.82) is 0 Å². The normalized spacial score (nSPS) is 26.5. The van der Waals surface area contributed by atoms with Crippen LogP contribution in [0.25, 0.3) is 0 Å². The maximum absolute atomic E-state index is 5.35. The zero-order valence-electron chi connectivity index (χ0n) is 11.8. The van der Waals surface area contributed by atoms with Crippen LogP contribution in [0, 0.1) is 0 Å². The number of hydrogen-bond acceptors (Lipinski definition) is 6. The van der Waals surface area contributed by atoms with Crippen LogP contribution in [0.3, 0.4) is 0 Å². The van der Waals surface area contributed by atoms with Crippen LogP contribution in [0.1, 0.15) is 37.0 Å². The van der Waals surface area contributed by atoms with Gasteiger partial charge in [-0.3, -0.25) is 4.90 Å². The minimum Gasteiger partial charge on any atom is -0.338 e. The van der Waals surface area contributed by atoms with Crippen LogP contribution >= 0.6 is 0 Å². The van der Waals surface area contributed by atoms with E-state index < -0.39 is 0 Å². The summed E-state index contributed by atoms with van der Waals surface area (Å²) >= 11 is 0. The standard InChI is InChI=1S/C13H23N5O/c1-17-6-3-7-18(2)11(9-17)13-15-12(19-16-13)8-14-10-4-5-10/h10-11,14H,3-9H2,1-2H3. The Morgan fingerprint density at radius 3 is 2.95 bits per heavy atom. The lowest BCUT2D eigenvalue weighted by Gasteiger charge is -2.24. The largest absolute Gasteiger partial charge is 0.338 e. The van der Waals surface area contributed by atoms with Gasteiger partial charge in [0.05, 0.1) is 12.6 Å². The summed E-state index contributed by atoms with van der Waals surface area (Å²) in [6, 6.07) is 0.910. The molecule has 1 atom stereocenters. The van der Waals surface area contributed by atoms with Crippen LogP contribution in [0.5, 0.6) is 0 Å². The van der Waals surface area contributed by atoms with E-state index in [-0.39, 0.29) is 6.04 Å². The van der Waals surface area contributed by atoms with Crippen LogP contribution in [-0.4, -0.2) is 59.7 Å². The first-order valence-electron chi connectivity index (χ1n) is 7.17. The maximum Gasteiger partial charge on any atom is 0.240 e. The first-order valence-corrected chi connectivity index (χ1v) is 7.17. The van der Waals surface area contributed by atoms with E-state index in [0.29, 0.717) is 18.5 Å². The molecule has 1 aliphatic heterocycles. The highest BCUT2D eigenvalue weighted by atomic mass is 16.5. The van der Waals surface area contributed by atoms with Crippen LogP contribution in [0.15, 0.2) is 4.52 Å². The van der Waals surface area contributed by atoms with E-state index in [9.17, 15) is 0 Å². The predicted octanol–water partition coefficient (Wildman–Crippen LogP) is 0.630. The maximum atomic E-state index is 5.35. The average molecular weight is 265 g/mol. The lowest BCUT2D eigenvalue weighted by molar-refractivity contribution is 0.214. The SMILES string of the molecule is CN1CCCN(C)C(c2noc(CNC3CC3)n2)C1. The number of likely N-dealkylation sites (N-methyl/N-ethyl adjacent to an activating group) is 2. The minimum absolute atomic E-state index is 0.242. The predicted molar refractivity (Wildman–Crippen MR) is 71.6 cm³/mol. The van der Waals surface area contributed by atoms with Gasteiger partial charge in [-0.05, 0) is 46.4 Å². The molecule has 6 heteroatoms. The Morgan fingerprint density at radius 2 is 2.16 bits per heavy atom. The number of rotatable bonds is 4. The Bertz CT molecular complexity index is 417. The summed E-state index contributed by atoms with van der Waals surface area (Å²) in [5.41, 5.74) is 0. The van der Waals surface area contributed by atoms with Crippen molar-refractivity contribution in [2.75, 3.05) is 33.7 Å². The molecule has 1 N–H and O–H groups in total. The molecule has 0 aromatic carbocycles. The molecule has 2 heterocycles. The van der Waals surface area contributed by atoms with Crippen molar-refractivity contribution in [3.05, 3.63) is 11.7 Å². The quantitative estimate of drug-likeness (QED) is 0.862. The van der Waals surface area contributed by atoms with Gasteiger partial charge in [-0.1, -0.05) is 5.16 Å². The molecule has 1 saturated heterocycles. The van der Waals surface area contributed by atoms with E-state index in [1.165, 1.54) is 19.3 Å². The van der Waals surface area contributed by atoms with E-state index in [1.807, 2.05) is 0 Å². The van der Waals surface area contributed by atoms with Gasteiger partial charge in [0.25, 0.3) is 0 Å². The molecule has 19 heavy (non-hydrogen) atoms. The molecule has 1 aromatic rings. The molecular formula is C13H23N5O. The molecular weight excluding hydrogens is 242 g/mol. The van der Waals surface area contributed by atoms with Crippen molar-refractivity contribution in [3.63, 3.8) is 0 Å². The lowest BCUT2D eigenvalue weighted by Crippen LogP contribution is -2.31. The Hall–Kier alpha value is -0.980. The molecule has 6 nitrogen and oxygen atoms in total. The highest BCUT2D eigenvalue weighted by Gasteiger charge is 2.27. The van der Waals surface area contributed by atoms with Crippen molar-refractivity contribution in [1.82, 2.24) is 25.3 Å². The zero-order chi connectivity index (χ0) is 13.2. The van der Waals surface area contributed by atoms with Crippen molar-refractivity contribution >= 4 is 0 Å². The second kappa shape index (κ2) is 5.56. The second-order valence-corrected chi connectivity index (χ2v) is 5.81. The van der Waals surface area contributed by atoms with Crippen molar-refractivity contribution in [3.8, 4) is 0 Å². The number of aromatic nitrogens is 2. The van der Waals surface area contributed by atoms with Gasteiger partial charge in [0.2, 0.25) is 5.89 Å².